The molecule has 0 unspecified atom stereocenters. The lowest BCUT2D eigenvalue weighted by Crippen LogP contribution is -2.33. The van der Waals surface area contributed by atoms with Crippen LogP contribution in [0, 0.1) is 11.3 Å². The van der Waals surface area contributed by atoms with Gasteiger partial charge in [-0.15, -0.1) is 0 Å². The van der Waals surface area contributed by atoms with Gasteiger partial charge in [-0.2, -0.15) is 5.10 Å². The van der Waals surface area contributed by atoms with Crippen LogP contribution in [0.1, 0.15) is 59.8 Å². The number of nitrogens with zero attached hydrogens (tertiary/aromatic N) is 2. The average Bonchev–Trinajstić information content (AvgIpc) is 2.63. The van der Waals surface area contributed by atoms with E-state index in [1.54, 1.807) is 19.0 Å². The van der Waals surface area contributed by atoms with Crippen molar-refractivity contribution in [1.82, 2.24) is 15.6 Å². The maximum atomic E-state index is 11.9. The fourth-order valence-electron chi connectivity index (χ4n) is 2.63. The molecule has 0 saturated carbocycles. The smallest absolute Gasteiger partial charge is 0.227 e. The molecule has 0 spiro atoms. The van der Waals surface area contributed by atoms with Crippen LogP contribution in [0.25, 0.3) is 0 Å². The third kappa shape index (κ3) is 9.39. The van der Waals surface area contributed by atoms with Crippen molar-refractivity contribution < 1.29 is 4.79 Å². The molecular weight excluding hydrogens is 326 g/mol. The molecule has 3 N–H and O–H groups in total. The fraction of sp³-hybridized carbons (Fsp3) is 0.650. The molecule has 0 aromatic heterocycles. The van der Waals surface area contributed by atoms with Crippen LogP contribution in [0.5, 0.6) is 0 Å². The van der Waals surface area contributed by atoms with Crippen LogP contribution in [0.2, 0.25) is 0 Å². The van der Waals surface area contributed by atoms with Crippen molar-refractivity contribution >= 4 is 18.0 Å². The first kappa shape index (κ1) is 23.9. The minimum Gasteiger partial charge on any atom is -0.382 e. The van der Waals surface area contributed by atoms with Crippen molar-refractivity contribution in [1.29, 1.82) is 5.41 Å². The van der Waals surface area contributed by atoms with Crippen LogP contribution < -0.4 is 10.7 Å². The van der Waals surface area contributed by atoms with Crippen molar-refractivity contribution in [3.63, 3.8) is 0 Å². The second-order valence-corrected chi connectivity index (χ2v) is 6.41. The summed E-state index contributed by atoms with van der Waals surface area (Å²) >= 11 is 0. The lowest BCUT2D eigenvalue weighted by atomic mass is 10.0. The molecule has 0 aromatic carbocycles. The minimum atomic E-state index is 0.0452. The molecule has 0 aromatic rings. The van der Waals surface area contributed by atoms with Gasteiger partial charge in [0.2, 0.25) is 5.91 Å². The predicted molar refractivity (Wildman–Crippen MR) is 111 cm³/mol. The lowest BCUT2D eigenvalue weighted by molar-refractivity contribution is -0.126. The molecule has 0 rings (SSSR count). The summed E-state index contributed by atoms with van der Waals surface area (Å²) < 4.78 is 0. The molecule has 6 nitrogen and oxygen atoms in total. The highest BCUT2D eigenvalue weighted by molar-refractivity contribution is 5.98. The second kappa shape index (κ2) is 14.1. The zero-order valence-corrected chi connectivity index (χ0v) is 17.3. The van der Waals surface area contributed by atoms with Crippen molar-refractivity contribution in [3.8, 4) is 0 Å². The number of hydrogen-bond donors (Lipinski definition) is 3. The van der Waals surface area contributed by atoms with Gasteiger partial charge < -0.3 is 21.1 Å². The first-order valence-electron chi connectivity index (χ1n) is 9.53. The topological polar surface area (TPSA) is 80.6 Å². The number of hydrazone groups is 1. The molecular formula is C20H37N5O. The summed E-state index contributed by atoms with van der Waals surface area (Å²) in [6.45, 7) is 8.34. The molecule has 6 heteroatoms. The normalized spacial score (nSPS) is 14.8. The Hall–Kier alpha value is -2.11. The molecule has 0 aliphatic heterocycles. The van der Waals surface area contributed by atoms with Crippen molar-refractivity contribution in [3.05, 3.63) is 23.9 Å². The summed E-state index contributed by atoms with van der Waals surface area (Å²) in [5, 5.41) is 15.0. The molecule has 0 aliphatic carbocycles. The van der Waals surface area contributed by atoms with Crippen molar-refractivity contribution in [2.75, 3.05) is 14.1 Å². The monoisotopic (exact) mass is 363 g/mol. The molecule has 0 fully saturated rings. The van der Waals surface area contributed by atoms with Gasteiger partial charge in [0.1, 0.15) is 5.84 Å². The lowest BCUT2D eigenvalue weighted by Gasteiger charge is -2.21. The Kier molecular flexibility index (Phi) is 13.0. The van der Waals surface area contributed by atoms with Gasteiger partial charge in [0.05, 0.1) is 0 Å². The molecule has 0 radical (unpaired) electrons. The van der Waals surface area contributed by atoms with Gasteiger partial charge >= 0.3 is 0 Å². The number of amides is 1. The van der Waals surface area contributed by atoms with Gasteiger partial charge in [0.25, 0.3) is 0 Å². The van der Waals surface area contributed by atoms with E-state index in [1.165, 1.54) is 11.9 Å². The third-order valence-corrected chi connectivity index (χ3v) is 4.13. The third-order valence-electron chi connectivity index (χ3n) is 4.13. The van der Waals surface area contributed by atoms with E-state index in [2.05, 4.69) is 48.8 Å². The Morgan fingerprint density at radius 3 is 2.54 bits per heavy atom. The average molecular weight is 364 g/mol. The van der Waals surface area contributed by atoms with E-state index >= 15 is 0 Å². The largest absolute Gasteiger partial charge is 0.382 e. The van der Waals surface area contributed by atoms with Crippen molar-refractivity contribution in [2.45, 2.75) is 65.8 Å². The summed E-state index contributed by atoms with van der Waals surface area (Å²) in [6.07, 6.45) is 11.6. The zero-order valence-electron chi connectivity index (χ0n) is 17.3. The number of rotatable bonds is 12. The van der Waals surface area contributed by atoms with Gasteiger partial charge in [-0.25, -0.2) is 0 Å². The molecule has 0 bridgehead atoms. The van der Waals surface area contributed by atoms with E-state index in [9.17, 15) is 4.79 Å². The summed E-state index contributed by atoms with van der Waals surface area (Å²) in [5.74, 6) is 1.19. The number of allylic oxidation sites excluding steroid dienone is 2. The van der Waals surface area contributed by atoms with Gasteiger partial charge in [0.15, 0.2) is 0 Å². The molecule has 0 aliphatic rings. The maximum absolute atomic E-state index is 11.9. The van der Waals surface area contributed by atoms with E-state index in [4.69, 9.17) is 5.41 Å². The fourth-order valence-corrected chi connectivity index (χ4v) is 2.63. The van der Waals surface area contributed by atoms with Gasteiger partial charge in [-0.05, 0) is 25.5 Å². The van der Waals surface area contributed by atoms with E-state index in [0.717, 1.165) is 12.8 Å². The van der Waals surface area contributed by atoms with Gasteiger partial charge in [-0.3, -0.25) is 4.79 Å². The highest BCUT2D eigenvalue weighted by Crippen LogP contribution is 2.15. The Balaban J connectivity index is 4.89. The van der Waals surface area contributed by atoms with E-state index in [0.29, 0.717) is 31.0 Å². The maximum Gasteiger partial charge on any atom is 0.227 e. The standard InChI is InChI=1S/C20H37N5O/c1-7-11-16(3)18(13-10-15-21)23-17(4)12-9-14-19(24-22-5)25(6)20(26)8-2/h9,12-13,15-17,21-23H,7-8,10-11,14H2,1-6H3/b12-9?,18-13+,21-15?,24-19+/t16-,17+/m1/s1. The summed E-state index contributed by atoms with van der Waals surface area (Å²) in [4.78, 5) is 13.5. The van der Waals surface area contributed by atoms with E-state index < -0.39 is 0 Å². The van der Waals surface area contributed by atoms with Gasteiger partial charge in [-0.1, -0.05) is 45.4 Å². The number of amidine groups is 1. The minimum absolute atomic E-state index is 0.0452. The molecule has 0 heterocycles. The van der Waals surface area contributed by atoms with Crippen LogP contribution in [0.4, 0.5) is 0 Å². The highest BCUT2D eigenvalue weighted by atomic mass is 16.2. The zero-order chi connectivity index (χ0) is 19.9. The SMILES string of the molecule is CCC[C@@H](C)/C(=C\CC=N)N[C@@H](C)C=CC/C(=N\NC)N(C)C(=O)CC. The van der Waals surface area contributed by atoms with E-state index in [1.807, 2.05) is 13.0 Å². The summed E-state index contributed by atoms with van der Waals surface area (Å²) in [5.41, 5.74) is 3.95. The molecule has 2 atom stereocenters. The van der Waals surface area contributed by atoms with Crippen LogP contribution in [0.3, 0.4) is 0 Å². The first-order valence-corrected chi connectivity index (χ1v) is 9.53. The van der Waals surface area contributed by atoms with Crippen LogP contribution in [-0.4, -0.2) is 43.0 Å². The second-order valence-electron chi connectivity index (χ2n) is 6.41. The Labute approximate surface area is 159 Å². The van der Waals surface area contributed by atoms with E-state index in [-0.39, 0.29) is 11.9 Å². The molecule has 26 heavy (non-hydrogen) atoms. The number of nitrogens with one attached hydrogen (secondary N) is 3. The Bertz CT molecular complexity index is 510. The highest BCUT2D eigenvalue weighted by Gasteiger charge is 2.12. The van der Waals surface area contributed by atoms with Crippen molar-refractivity contribution in [2.24, 2.45) is 11.0 Å². The molecule has 148 valence electrons. The number of carbonyl (C=O) groups excluding carboxylic acids is 1. The Morgan fingerprint density at radius 2 is 2.00 bits per heavy atom. The van der Waals surface area contributed by atoms with Gasteiger partial charge in [0, 0.05) is 45.1 Å². The number of hydrogen-bond acceptors (Lipinski definition) is 5. The molecule has 0 saturated heterocycles. The van der Waals surface area contributed by atoms with Crippen LogP contribution in [-0.2, 0) is 4.79 Å². The molecule has 1 amide bonds. The number of carbonyl (C=O) groups is 1. The summed E-state index contributed by atoms with van der Waals surface area (Å²) in [7, 11) is 3.48. The summed E-state index contributed by atoms with van der Waals surface area (Å²) in [6, 6.07) is 0.161. The predicted octanol–water partition coefficient (Wildman–Crippen LogP) is 3.67. The van der Waals surface area contributed by atoms with Crippen LogP contribution in [0.15, 0.2) is 29.0 Å². The quantitative estimate of drug-likeness (QED) is 0.214. The first-order chi connectivity index (χ1) is 12.4. The Morgan fingerprint density at radius 1 is 1.31 bits per heavy atom. The van der Waals surface area contributed by atoms with Crippen LogP contribution >= 0.6 is 0 Å².